The van der Waals surface area contributed by atoms with Crippen LogP contribution < -0.4 is 11.1 Å². The predicted molar refractivity (Wildman–Crippen MR) is 58.8 cm³/mol. The monoisotopic (exact) mass is 214 g/mol. The van der Waals surface area contributed by atoms with Crippen LogP contribution in [0, 0.1) is 0 Å². The van der Waals surface area contributed by atoms with Crippen LogP contribution in [0.5, 0.6) is 0 Å². The Labute approximate surface area is 91.5 Å². The lowest BCUT2D eigenvalue weighted by Gasteiger charge is -2.37. The molecule has 0 spiro atoms. The van der Waals surface area contributed by atoms with Crippen molar-refractivity contribution in [2.75, 3.05) is 26.4 Å². The number of rotatable bonds is 5. The van der Waals surface area contributed by atoms with Crippen molar-refractivity contribution in [3.05, 3.63) is 0 Å². The van der Waals surface area contributed by atoms with Crippen molar-refractivity contribution >= 4 is 0 Å². The second kappa shape index (κ2) is 4.78. The summed E-state index contributed by atoms with van der Waals surface area (Å²) in [5, 5.41) is 3.50. The second-order valence-electron chi connectivity index (χ2n) is 4.79. The molecule has 0 bridgehead atoms. The fourth-order valence-electron chi connectivity index (χ4n) is 2.21. The topological polar surface area (TPSA) is 56.5 Å². The molecule has 1 aliphatic carbocycles. The van der Waals surface area contributed by atoms with Gasteiger partial charge in [-0.1, -0.05) is 0 Å². The third kappa shape index (κ3) is 2.91. The highest BCUT2D eigenvalue weighted by atomic mass is 16.5. The minimum atomic E-state index is -0.128. The fraction of sp³-hybridized carbons (Fsp3) is 1.00. The van der Waals surface area contributed by atoms with Gasteiger partial charge < -0.3 is 20.5 Å². The molecule has 0 radical (unpaired) electrons. The van der Waals surface area contributed by atoms with E-state index in [9.17, 15) is 0 Å². The van der Waals surface area contributed by atoms with Gasteiger partial charge in [0, 0.05) is 25.8 Å². The summed E-state index contributed by atoms with van der Waals surface area (Å²) in [6.07, 6.45) is 3.71. The summed E-state index contributed by atoms with van der Waals surface area (Å²) in [6, 6.07) is 0.600. The average Bonchev–Trinajstić information content (AvgIpc) is 2.57. The smallest absolute Gasteiger partial charge is 0.0659 e. The van der Waals surface area contributed by atoms with Gasteiger partial charge in [0.2, 0.25) is 0 Å². The van der Waals surface area contributed by atoms with E-state index in [1.165, 1.54) is 0 Å². The zero-order valence-electron chi connectivity index (χ0n) is 9.50. The molecule has 88 valence electrons. The molecule has 1 atom stereocenters. The van der Waals surface area contributed by atoms with E-state index >= 15 is 0 Å². The molecule has 1 heterocycles. The zero-order chi connectivity index (χ0) is 10.7. The first-order valence-corrected chi connectivity index (χ1v) is 5.93. The van der Waals surface area contributed by atoms with E-state index in [0.717, 1.165) is 39.0 Å². The summed E-state index contributed by atoms with van der Waals surface area (Å²) >= 11 is 0. The van der Waals surface area contributed by atoms with Crippen LogP contribution in [0.1, 0.15) is 26.2 Å². The van der Waals surface area contributed by atoms with E-state index < -0.39 is 0 Å². The summed E-state index contributed by atoms with van der Waals surface area (Å²) in [4.78, 5) is 0. The third-order valence-corrected chi connectivity index (χ3v) is 3.37. The number of hydrogen-bond acceptors (Lipinski definition) is 4. The zero-order valence-corrected chi connectivity index (χ0v) is 9.50. The van der Waals surface area contributed by atoms with E-state index in [-0.39, 0.29) is 5.54 Å². The standard InChI is InChI=1S/C11H22N2O2/c1-2-15-10-5-9(6-10)13-7-11(12)3-4-14-8-11/h9-10,13H,2-8,12H2,1H3. The predicted octanol–water partition coefficient (Wildman–Crippen LogP) is 0.261. The summed E-state index contributed by atoms with van der Waals surface area (Å²) < 4.78 is 10.8. The van der Waals surface area contributed by atoms with Crippen LogP contribution in [-0.4, -0.2) is 44.1 Å². The van der Waals surface area contributed by atoms with Crippen molar-refractivity contribution in [2.45, 2.75) is 43.9 Å². The number of hydrogen-bond donors (Lipinski definition) is 2. The Hall–Kier alpha value is -0.160. The summed E-state index contributed by atoms with van der Waals surface area (Å²) in [5.74, 6) is 0. The fourth-order valence-corrected chi connectivity index (χ4v) is 2.21. The van der Waals surface area contributed by atoms with Gasteiger partial charge in [-0.25, -0.2) is 0 Å². The normalized spacial score (nSPS) is 40.4. The van der Waals surface area contributed by atoms with Crippen LogP contribution >= 0.6 is 0 Å². The van der Waals surface area contributed by atoms with Gasteiger partial charge in [0.1, 0.15) is 0 Å². The lowest BCUT2D eigenvalue weighted by molar-refractivity contribution is -0.0110. The first-order chi connectivity index (χ1) is 7.22. The Kier molecular flexibility index (Phi) is 3.61. The molecule has 0 amide bonds. The van der Waals surface area contributed by atoms with Gasteiger partial charge >= 0.3 is 0 Å². The number of nitrogens with two attached hydrogens (primary N) is 1. The molecule has 2 rings (SSSR count). The molecular weight excluding hydrogens is 192 g/mol. The average molecular weight is 214 g/mol. The molecule has 1 saturated carbocycles. The SMILES string of the molecule is CCOC1CC(NCC2(N)CCOC2)C1. The molecule has 4 nitrogen and oxygen atoms in total. The summed E-state index contributed by atoms with van der Waals surface area (Å²) in [6.45, 7) is 5.25. The Morgan fingerprint density at radius 1 is 1.53 bits per heavy atom. The first kappa shape index (κ1) is 11.3. The maximum Gasteiger partial charge on any atom is 0.0659 e. The van der Waals surface area contributed by atoms with Gasteiger partial charge in [0.15, 0.2) is 0 Å². The highest BCUT2D eigenvalue weighted by molar-refractivity contribution is 4.94. The van der Waals surface area contributed by atoms with Gasteiger partial charge in [-0.3, -0.25) is 0 Å². The van der Waals surface area contributed by atoms with E-state index in [1.807, 2.05) is 6.92 Å². The van der Waals surface area contributed by atoms with Crippen LogP contribution in [0.2, 0.25) is 0 Å². The van der Waals surface area contributed by atoms with Crippen LogP contribution in [0.25, 0.3) is 0 Å². The Morgan fingerprint density at radius 2 is 2.33 bits per heavy atom. The van der Waals surface area contributed by atoms with Crippen molar-refractivity contribution in [1.82, 2.24) is 5.32 Å². The van der Waals surface area contributed by atoms with Crippen molar-refractivity contribution in [3.8, 4) is 0 Å². The van der Waals surface area contributed by atoms with E-state index in [1.54, 1.807) is 0 Å². The van der Waals surface area contributed by atoms with Gasteiger partial charge in [0.25, 0.3) is 0 Å². The van der Waals surface area contributed by atoms with Crippen molar-refractivity contribution in [3.63, 3.8) is 0 Å². The largest absolute Gasteiger partial charge is 0.379 e. The Balaban J connectivity index is 1.59. The van der Waals surface area contributed by atoms with E-state index in [4.69, 9.17) is 15.2 Å². The molecule has 0 aromatic heterocycles. The quantitative estimate of drug-likeness (QED) is 0.689. The van der Waals surface area contributed by atoms with Crippen LogP contribution in [0.15, 0.2) is 0 Å². The first-order valence-electron chi connectivity index (χ1n) is 5.93. The van der Waals surface area contributed by atoms with E-state index in [0.29, 0.717) is 18.8 Å². The van der Waals surface area contributed by atoms with Gasteiger partial charge in [-0.2, -0.15) is 0 Å². The maximum absolute atomic E-state index is 6.16. The van der Waals surface area contributed by atoms with Crippen LogP contribution in [0.3, 0.4) is 0 Å². The molecule has 1 unspecified atom stereocenters. The van der Waals surface area contributed by atoms with Gasteiger partial charge in [-0.15, -0.1) is 0 Å². The van der Waals surface area contributed by atoms with Crippen LogP contribution in [0.4, 0.5) is 0 Å². The summed E-state index contributed by atoms with van der Waals surface area (Å²) in [7, 11) is 0. The van der Waals surface area contributed by atoms with Gasteiger partial charge in [0.05, 0.1) is 18.2 Å². The molecule has 2 fully saturated rings. The Morgan fingerprint density at radius 3 is 2.93 bits per heavy atom. The lowest BCUT2D eigenvalue weighted by atomic mass is 9.88. The number of ether oxygens (including phenoxy) is 2. The molecule has 1 saturated heterocycles. The molecule has 2 aliphatic rings. The minimum absolute atomic E-state index is 0.128. The molecule has 15 heavy (non-hydrogen) atoms. The molecule has 3 N–H and O–H groups in total. The maximum atomic E-state index is 6.16. The molecule has 0 aromatic rings. The third-order valence-electron chi connectivity index (χ3n) is 3.37. The number of nitrogens with one attached hydrogen (secondary N) is 1. The summed E-state index contributed by atoms with van der Waals surface area (Å²) in [5.41, 5.74) is 6.03. The van der Waals surface area contributed by atoms with Gasteiger partial charge in [-0.05, 0) is 26.2 Å². The molecular formula is C11H22N2O2. The minimum Gasteiger partial charge on any atom is -0.379 e. The lowest BCUT2D eigenvalue weighted by Crippen LogP contribution is -2.55. The Bertz CT molecular complexity index is 199. The highest BCUT2D eigenvalue weighted by Crippen LogP contribution is 2.24. The second-order valence-corrected chi connectivity index (χ2v) is 4.79. The molecule has 0 aromatic carbocycles. The van der Waals surface area contributed by atoms with Crippen molar-refractivity contribution < 1.29 is 9.47 Å². The van der Waals surface area contributed by atoms with Crippen molar-refractivity contribution in [2.24, 2.45) is 5.73 Å². The highest BCUT2D eigenvalue weighted by Gasteiger charge is 2.34. The molecule has 1 aliphatic heterocycles. The molecule has 4 heteroatoms. The van der Waals surface area contributed by atoms with Crippen molar-refractivity contribution in [1.29, 1.82) is 0 Å². The van der Waals surface area contributed by atoms with Crippen LogP contribution in [-0.2, 0) is 9.47 Å². The van der Waals surface area contributed by atoms with E-state index in [2.05, 4.69) is 5.32 Å².